The maximum absolute atomic E-state index is 13.1. The van der Waals surface area contributed by atoms with Gasteiger partial charge in [0.25, 0.3) is 5.91 Å². The third kappa shape index (κ3) is 6.58. The number of nitrogens with zero attached hydrogens (tertiary/aromatic N) is 1. The maximum Gasteiger partial charge on any atom is 0.416 e. The fourth-order valence-corrected chi connectivity index (χ4v) is 3.52. The molecule has 9 heteroatoms. The molecular weight excluding hydrogens is 443 g/mol. The van der Waals surface area contributed by atoms with Gasteiger partial charge in [-0.15, -0.1) is 0 Å². The van der Waals surface area contributed by atoms with Gasteiger partial charge in [-0.2, -0.15) is 21.6 Å². The van der Waals surface area contributed by atoms with Gasteiger partial charge in [0, 0.05) is 18.7 Å². The average molecular weight is 463 g/mol. The van der Waals surface area contributed by atoms with Crippen molar-refractivity contribution in [2.75, 3.05) is 6.26 Å². The second-order valence-electron chi connectivity index (χ2n) is 7.16. The Balaban J connectivity index is 1.88. The quantitative estimate of drug-likeness (QED) is 0.468. The highest BCUT2D eigenvalue weighted by Gasteiger charge is 2.31. The van der Waals surface area contributed by atoms with Gasteiger partial charge < -0.3 is 9.08 Å². The van der Waals surface area contributed by atoms with E-state index in [1.54, 1.807) is 24.3 Å². The molecule has 0 saturated carbocycles. The molecule has 168 valence electrons. The second-order valence-corrected chi connectivity index (χ2v) is 8.73. The fraction of sp³-hybridized carbons (Fsp3) is 0.174. The standard InChI is InChI=1S/C23H20F3NO4S/c1-32(29,30)31-21-12-10-18(11-13-21)16-27(15-17-6-3-2-4-7-17)22(28)19-8-5-9-20(14-19)23(24,25)26/h2-14H,15-16H2,1H3. The third-order valence-corrected chi connectivity index (χ3v) is 4.98. The van der Waals surface area contributed by atoms with Crippen LogP contribution in [0.15, 0.2) is 78.9 Å². The lowest BCUT2D eigenvalue weighted by Crippen LogP contribution is -2.30. The van der Waals surface area contributed by atoms with E-state index in [4.69, 9.17) is 4.18 Å². The molecule has 32 heavy (non-hydrogen) atoms. The number of halogens is 3. The summed E-state index contributed by atoms with van der Waals surface area (Å²) in [6, 6.07) is 19.5. The number of rotatable bonds is 7. The molecule has 0 atom stereocenters. The zero-order valence-corrected chi connectivity index (χ0v) is 17.9. The van der Waals surface area contributed by atoms with Gasteiger partial charge in [-0.25, -0.2) is 0 Å². The van der Waals surface area contributed by atoms with E-state index < -0.39 is 27.8 Å². The highest BCUT2D eigenvalue weighted by molar-refractivity contribution is 7.86. The Labute approximate surface area is 184 Å². The van der Waals surface area contributed by atoms with E-state index in [1.165, 1.54) is 29.2 Å². The molecular formula is C23H20F3NO4S. The van der Waals surface area contributed by atoms with Gasteiger partial charge in [0.1, 0.15) is 5.75 Å². The number of hydrogen-bond donors (Lipinski definition) is 0. The van der Waals surface area contributed by atoms with Crippen molar-refractivity contribution in [1.82, 2.24) is 4.90 Å². The summed E-state index contributed by atoms with van der Waals surface area (Å²) >= 11 is 0. The molecule has 3 aromatic rings. The molecule has 0 radical (unpaired) electrons. The molecule has 0 aliphatic rings. The van der Waals surface area contributed by atoms with Crippen LogP contribution in [0.5, 0.6) is 5.75 Å². The van der Waals surface area contributed by atoms with E-state index in [1.807, 2.05) is 18.2 Å². The number of benzene rings is 3. The van der Waals surface area contributed by atoms with Crippen LogP contribution in [0.4, 0.5) is 13.2 Å². The minimum absolute atomic E-state index is 0.0761. The van der Waals surface area contributed by atoms with Crippen LogP contribution < -0.4 is 4.18 Å². The summed E-state index contributed by atoms with van der Waals surface area (Å²) in [5.41, 5.74) is 0.491. The van der Waals surface area contributed by atoms with Crippen molar-refractivity contribution in [2.24, 2.45) is 0 Å². The first-order chi connectivity index (χ1) is 15.0. The topological polar surface area (TPSA) is 63.7 Å². The van der Waals surface area contributed by atoms with Crippen LogP contribution in [0, 0.1) is 0 Å². The van der Waals surface area contributed by atoms with E-state index in [2.05, 4.69) is 0 Å². The Kier molecular flexibility index (Phi) is 6.88. The van der Waals surface area contributed by atoms with Gasteiger partial charge >= 0.3 is 16.3 Å². The third-order valence-electron chi connectivity index (χ3n) is 4.48. The molecule has 0 N–H and O–H groups in total. The van der Waals surface area contributed by atoms with Gasteiger partial charge in [0.05, 0.1) is 11.8 Å². The summed E-state index contributed by atoms with van der Waals surface area (Å²) in [7, 11) is -3.68. The van der Waals surface area contributed by atoms with E-state index in [0.717, 1.165) is 24.0 Å². The van der Waals surface area contributed by atoms with E-state index in [0.29, 0.717) is 5.56 Å². The van der Waals surface area contributed by atoms with Gasteiger partial charge in [-0.3, -0.25) is 4.79 Å². The van der Waals surface area contributed by atoms with Crippen molar-refractivity contribution >= 4 is 16.0 Å². The Morgan fingerprint density at radius 3 is 2.03 bits per heavy atom. The molecule has 5 nitrogen and oxygen atoms in total. The number of alkyl halides is 3. The normalized spacial score (nSPS) is 11.8. The Bertz CT molecular complexity index is 1180. The van der Waals surface area contributed by atoms with Crippen LogP contribution in [0.3, 0.4) is 0 Å². The predicted molar refractivity (Wildman–Crippen MR) is 113 cm³/mol. The van der Waals surface area contributed by atoms with Crippen LogP contribution in [0.1, 0.15) is 27.0 Å². The molecule has 3 rings (SSSR count). The number of carbonyl (C=O) groups is 1. The molecule has 0 aromatic heterocycles. The van der Waals surface area contributed by atoms with Gasteiger partial charge in [0.15, 0.2) is 0 Å². The van der Waals surface area contributed by atoms with Gasteiger partial charge in [-0.1, -0.05) is 48.5 Å². The molecule has 0 bridgehead atoms. The monoisotopic (exact) mass is 463 g/mol. The lowest BCUT2D eigenvalue weighted by molar-refractivity contribution is -0.137. The Hall–Kier alpha value is -3.33. The SMILES string of the molecule is CS(=O)(=O)Oc1ccc(CN(Cc2ccccc2)C(=O)c2cccc(C(F)(F)F)c2)cc1. The van der Waals surface area contributed by atoms with Crippen LogP contribution in [0.25, 0.3) is 0 Å². The molecule has 0 heterocycles. The van der Waals surface area contributed by atoms with Crippen LogP contribution >= 0.6 is 0 Å². The van der Waals surface area contributed by atoms with Gasteiger partial charge in [0.2, 0.25) is 0 Å². The summed E-state index contributed by atoms with van der Waals surface area (Å²) in [4.78, 5) is 14.6. The summed E-state index contributed by atoms with van der Waals surface area (Å²) < 4.78 is 66.6. The average Bonchev–Trinajstić information content (AvgIpc) is 2.73. The lowest BCUT2D eigenvalue weighted by atomic mass is 10.1. The van der Waals surface area contributed by atoms with E-state index in [9.17, 15) is 26.4 Å². The fourth-order valence-electron chi connectivity index (χ4n) is 3.06. The first-order valence-electron chi connectivity index (χ1n) is 9.50. The van der Waals surface area contributed by atoms with Crippen LogP contribution in [0.2, 0.25) is 0 Å². The summed E-state index contributed by atoms with van der Waals surface area (Å²) in [5, 5.41) is 0. The second kappa shape index (κ2) is 9.44. The Morgan fingerprint density at radius 1 is 0.875 bits per heavy atom. The van der Waals surface area contributed by atoms with E-state index in [-0.39, 0.29) is 24.4 Å². The minimum Gasteiger partial charge on any atom is -0.383 e. The summed E-state index contributed by atoms with van der Waals surface area (Å²) in [6.07, 6.45) is -3.63. The van der Waals surface area contributed by atoms with Crippen LogP contribution in [-0.4, -0.2) is 25.5 Å². The maximum atomic E-state index is 13.1. The zero-order chi connectivity index (χ0) is 23.4. The van der Waals surface area contributed by atoms with Crippen molar-refractivity contribution < 1.29 is 30.6 Å². The van der Waals surface area contributed by atoms with Crippen molar-refractivity contribution in [3.05, 3.63) is 101 Å². The zero-order valence-electron chi connectivity index (χ0n) is 17.0. The highest BCUT2D eigenvalue weighted by atomic mass is 32.2. The van der Waals surface area contributed by atoms with Crippen molar-refractivity contribution in [2.45, 2.75) is 19.3 Å². The molecule has 3 aromatic carbocycles. The minimum atomic E-state index is -4.56. The highest BCUT2D eigenvalue weighted by Crippen LogP contribution is 2.30. The smallest absolute Gasteiger partial charge is 0.383 e. The molecule has 0 saturated heterocycles. The largest absolute Gasteiger partial charge is 0.416 e. The molecule has 0 aliphatic carbocycles. The number of amides is 1. The molecule has 0 aliphatic heterocycles. The first-order valence-corrected chi connectivity index (χ1v) is 11.3. The summed E-state index contributed by atoms with van der Waals surface area (Å²) in [6.45, 7) is 0.278. The lowest BCUT2D eigenvalue weighted by Gasteiger charge is -2.24. The molecule has 1 amide bonds. The number of carbonyl (C=O) groups excluding carboxylic acids is 1. The van der Waals surface area contributed by atoms with Crippen molar-refractivity contribution in [1.29, 1.82) is 0 Å². The number of hydrogen-bond acceptors (Lipinski definition) is 4. The Morgan fingerprint density at radius 2 is 1.47 bits per heavy atom. The summed E-state index contributed by atoms with van der Waals surface area (Å²) in [5.74, 6) is -0.438. The first kappa shape index (κ1) is 23.3. The predicted octanol–water partition coefficient (Wildman–Crippen LogP) is 4.89. The van der Waals surface area contributed by atoms with Crippen LogP contribution in [-0.2, 0) is 29.4 Å². The van der Waals surface area contributed by atoms with Crippen molar-refractivity contribution in [3.63, 3.8) is 0 Å². The molecule has 0 fully saturated rings. The van der Waals surface area contributed by atoms with Crippen molar-refractivity contribution in [3.8, 4) is 5.75 Å². The van der Waals surface area contributed by atoms with Gasteiger partial charge in [-0.05, 0) is 41.5 Å². The molecule has 0 unspecified atom stereocenters. The molecule has 0 spiro atoms. The van der Waals surface area contributed by atoms with E-state index >= 15 is 0 Å².